The Hall–Kier alpha value is -2.28. The van der Waals surface area contributed by atoms with Gasteiger partial charge in [-0.15, -0.1) is 5.10 Å². The Bertz CT molecular complexity index is 820. The third-order valence-corrected chi connectivity index (χ3v) is 5.92. The Morgan fingerprint density at radius 1 is 1.18 bits per heavy atom. The van der Waals surface area contributed by atoms with Crippen LogP contribution in [0.4, 0.5) is 11.4 Å². The van der Waals surface area contributed by atoms with Crippen molar-refractivity contribution in [3.05, 3.63) is 30.1 Å². The minimum atomic E-state index is 0.256. The molecule has 3 heterocycles. The number of nitrogens with zero attached hydrogens (tertiary/aromatic N) is 7. The summed E-state index contributed by atoms with van der Waals surface area (Å²) < 4.78 is 1.90. The van der Waals surface area contributed by atoms with Crippen molar-refractivity contribution in [2.24, 2.45) is 10.9 Å². The van der Waals surface area contributed by atoms with Crippen LogP contribution in [-0.2, 0) is 0 Å². The van der Waals surface area contributed by atoms with Gasteiger partial charge in [0.1, 0.15) is 0 Å². The smallest absolute Gasteiger partial charge is 0.175 e. The lowest BCUT2D eigenvalue weighted by atomic mass is 9.98. The fraction of sp³-hybridized carbons (Fsp3) is 0.619. The number of benzene rings is 1. The minimum Gasteiger partial charge on any atom is -0.372 e. The zero-order chi connectivity index (χ0) is 19.7. The number of aromatic nitrogens is 4. The summed E-state index contributed by atoms with van der Waals surface area (Å²) in [5, 5.41) is 12.6. The fourth-order valence-electron chi connectivity index (χ4n) is 4.56. The van der Waals surface area contributed by atoms with Gasteiger partial charge in [-0.1, -0.05) is 13.8 Å². The summed E-state index contributed by atoms with van der Waals surface area (Å²) in [7, 11) is 0. The van der Waals surface area contributed by atoms with Crippen LogP contribution >= 0.6 is 0 Å². The van der Waals surface area contributed by atoms with E-state index in [0.717, 1.165) is 49.8 Å². The Kier molecular flexibility index (Phi) is 5.44. The number of rotatable bonds is 6. The zero-order valence-electron chi connectivity index (χ0n) is 17.4. The largest absolute Gasteiger partial charge is 0.372 e. The third-order valence-electron chi connectivity index (χ3n) is 5.92. The van der Waals surface area contributed by atoms with Crippen LogP contribution < -0.4 is 4.90 Å². The SMILES string of the molecule is CCN(CC)c1ccc(N=C2C(CC(C)C)N3CCCC3c3nnnn32)cc1. The molecule has 0 amide bonds. The highest BCUT2D eigenvalue weighted by Crippen LogP contribution is 2.38. The molecule has 28 heavy (non-hydrogen) atoms. The van der Waals surface area contributed by atoms with Gasteiger partial charge in [-0.2, -0.15) is 4.68 Å². The van der Waals surface area contributed by atoms with Gasteiger partial charge in [0.05, 0.1) is 17.8 Å². The van der Waals surface area contributed by atoms with E-state index in [1.165, 1.54) is 12.1 Å². The maximum atomic E-state index is 5.06. The minimum absolute atomic E-state index is 0.256. The second kappa shape index (κ2) is 7.99. The number of aliphatic imine (C=N–C) groups is 1. The Morgan fingerprint density at radius 3 is 2.61 bits per heavy atom. The lowest BCUT2D eigenvalue weighted by molar-refractivity contribution is 0.178. The van der Waals surface area contributed by atoms with Crippen LogP contribution in [0.15, 0.2) is 29.3 Å². The van der Waals surface area contributed by atoms with Gasteiger partial charge in [0, 0.05) is 18.8 Å². The summed E-state index contributed by atoms with van der Waals surface area (Å²) in [6.45, 7) is 12.0. The number of fused-ring (bicyclic) bond motifs is 3. The first kappa shape index (κ1) is 19.1. The predicted octanol–water partition coefficient (Wildman–Crippen LogP) is 3.66. The highest BCUT2D eigenvalue weighted by Gasteiger charge is 2.43. The van der Waals surface area contributed by atoms with E-state index in [9.17, 15) is 0 Å². The van der Waals surface area contributed by atoms with E-state index in [4.69, 9.17) is 4.99 Å². The van der Waals surface area contributed by atoms with Crippen LogP contribution in [-0.4, -0.2) is 56.6 Å². The maximum absolute atomic E-state index is 5.06. The molecule has 0 aliphatic carbocycles. The van der Waals surface area contributed by atoms with Crippen molar-refractivity contribution >= 4 is 17.2 Å². The molecule has 0 N–H and O–H groups in total. The second-order valence-electron chi connectivity index (χ2n) is 8.15. The summed E-state index contributed by atoms with van der Waals surface area (Å²) in [5.74, 6) is 2.48. The van der Waals surface area contributed by atoms with E-state index in [-0.39, 0.29) is 6.04 Å². The number of anilines is 1. The summed E-state index contributed by atoms with van der Waals surface area (Å²) >= 11 is 0. The van der Waals surface area contributed by atoms with Gasteiger partial charge < -0.3 is 4.90 Å². The quantitative estimate of drug-likeness (QED) is 0.764. The average Bonchev–Trinajstić information content (AvgIpc) is 3.35. The van der Waals surface area contributed by atoms with Crippen LogP contribution in [0.5, 0.6) is 0 Å². The van der Waals surface area contributed by atoms with Gasteiger partial charge in [-0.3, -0.25) is 4.90 Å². The van der Waals surface area contributed by atoms with Crippen molar-refractivity contribution in [3.63, 3.8) is 0 Å². The molecule has 4 rings (SSSR count). The molecule has 1 saturated heterocycles. The van der Waals surface area contributed by atoms with Crippen LogP contribution in [0.1, 0.15) is 58.8 Å². The van der Waals surface area contributed by atoms with Crippen LogP contribution in [0.2, 0.25) is 0 Å². The molecule has 0 saturated carbocycles. The van der Waals surface area contributed by atoms with Crippen molar-refractivity contribution in [2.75, 3.05) is 24.5 Å². The molecular weight excluding hydrogens is 350 g/mol. The highest BCUT2D eigenvalue weighted by atomic mass is 15.6. The molecular formula is C21H31N7. The monoisotopic (exact) mass is 381 g/mol. The molecule has 0 spiro atoms. The molecule has 2 aromatic rings. The molecule has 1 fully saturated rings. The van der Waals surface area contributed by atoms with Gasteiger partial charge in [-0.05, 0) is 80.3 Å². The molecule has 0 radical (unpaired) electrons. The lowest BCUT2D eigenvalue weighted by Crippen LogP contribution is -2.50. The average molecular weight is 382 g/mol. The van der Waals surface area contributed by atoms with Gasteiger partial charge in [0.25, 0.3) is 0 Å². The van der Waals surface area contributed by atoms with E-state index < -0.39 is 0 Å². The predicted molar refractivity (Wildman–Crippen MR) is 112 cm³/mol. The van der Waals surface area contributed by atoms with E-state index >= 15 is 0 Å². The zero-order valence-corrected chi connectivity index (χ0v) is 17.4. The molecule has 7 heteroatoms. The standard InChI is InChI=1S/C21H31N7/c1-5-26(6-2)17-11-9-16(10-12-17)22-20-19(14-15(3)4)27-13-7-8-18(27)21-23-24-25-28(20)21/h9-12,15,18-19H,5-8,13-14H2,1-4H3. The second-order valence-corrected chi connectivity index (χ2v) is 8.15. The fourth-order valence-corrected chi connectivity index (χ4v) is 4.56. The van der Waals surface area contributed by atoms with Crippen molar-refractivity contribution in [1.29, 1.82) is 0 Å². The Labute approximate surface area is 167 Å². The van der Waals surface area contributed by atoms with Crippen molar-refractivity contribution in [1.82, 2.24) is 25.1 Å². The molecule has 2 aliphatic heterocycles. The van der Waals surface area contributed by atoms with Gasteiger partial charge >= 0.3 is 0 Å². The normalized spacial score (nSPS) is 23.2. The van der Waals surface area contributed by atoms with Crippen molar-refractivity contribution in [2.45, 2.75) is 59.0 Å². The lowest BCUT2D eigenvalue weighted by Gasteiger charge is -2.38. The maximum Gasteiger partial charge on any atom is 0.175 e. The summed E-state index contributed by atoms with van der Waals surface area (Å²) in [6, 6.07) is 9.10. The van der Waals surface area contributed by atoms with E-state index in [1.54, 1.807) is 0 Å². The summed E-state index contributed by atoms with van der Waals surface area (Å²) in [5.41, 5.74) is 2.19. The first-order valence-electron chi connectivity index (χ1n) is 10.6. The highest BCUT2D eigenvalue weighted by molar-refractivity contribution is 5.92. The molecule has 2 atom stereocenters. The van der Waals surface area contributed by atoms with Crippen LogP contribution in [0.25, 0.3) is 0 Å². The molecule has 2 unspecified atom stereocenters. The first-order valence-corrected chi connectivity index (χ1v) is 10.6. The Morgan fingerprint density at radius 2 is 1.93 bits per heavy atom. The molecule has 0 bridgehead atoms. The van der Waals surface area contributed by atoms with E-state index in [0.29, 0.717) is 12.0 Å². The van der Waals surface area contributed by atoms with Crippen molar-refractivity contribution in [3.8, 4) is 0 Å². The molecule has 1 aromatic heterocycles. The molecule has 150 valence electrons. The molecule has 7 nitrogen and oxygen atoms in total. The number of tetrazole rings is 1. The van der Waals surface area contributed by atoms with E-state index in [2.05, 4.69) is 77.3 Å². The van der Waals surface area contributed by atoms with Crippen LogP contribution in [0.3, 0.4) is 0 Å². The topological polar surface area (TPSA) is 62.4 Å². The summed E-state index contributed by atoms with van der Waals surface area (Å²) in [6.07, 6.45) is 3.38. The van der Waals surface area contributed by atoms with E-state index in [1.807, 2.05) is 4.68 Å². The van der Waals surface area contributed by atoms with Gasteiger partial charge in [-0.25, -0.2) is 4.99 Å². The first-order chi connectivity index (χ1) is 13.6. The summed E-state index contributed by atoms with van der Waals surface area (Å²) in [4.78, 5) is 9.96. The van der Waals surface area contributed by atoms with Gasteiger partial charge in [0.15, 0.2) is 11.7 Å². The van der Waals surface area contributed by atoms with Gasteiger partial charge in [0.2, 0.25) is 0 Å². The van der Waals surface area contributed by atoms with Crippen molar-refractivity contribution < 1.29 is 0 Å². The molecule has 2 aliphatic rings. The number of hydrogen-bond donors (Lipinski definition) is 0. The Balaban J connectivity index is 1.72. The third kappa shape index (κ3) is 3.43. The number of hydrogen-bond acceptors (Lipinski definition) is 6. The molecule has 1 aromatic carbocycles. The van der Waals surface area contributed by atoms with Crippen LogP contribution in [0, 0.1) is 5.92 Å².